The number of amides is 1. The lowest BCUT2D eigenvalue weighted by Crippen LogP contribution is -2.50. The van der Waals surface area contributed by atoms with Crippen LogP contribution in [-0.2, 0) is 25.3 Å². The van der Waals surface area contributed by atoms with Crippen molar-refractivity contribution < 1.29 is 28.7 Å². The van der Waals surface area contributed by atoms with Gasteiger partial charge in [0.15, 0.2) is 0 Å². The zero-order chi connectivity index (χ0) is 25.5. The quantitative estimate of drug-likeness (QED) is 0.344. The molecule has 2 aromatic rings. The summed E-state index contributed by atoms with van der Waals surface area (Å²) in [5.74, 6) is -2.01. The van der Waals surface area contributed by atoms with Gasteiger partial charge in [-0.25, -0.2) is 0 Å². The number of carbonyl (C=O) groups excluding carboxylic acids is 2. The Kier molecular flexibility index (Phi) is 9.59. The highest BCUT2D eigenvalue weighted by atomic mass is 31.2. The van der Waals surface area contributed by atoms with Crippen LogP contribution in [0.2, 0.25) is 0 Å². The van der Waals surface area contributed by atoms with Crippen molar-refractivity contribution in [3.63, 3.8) is 0 Å². The van der Waals surface area contributed by atoms with Crippen LogP contribution in [0.5, 0.6) is 0 Å². The van der Waals surface area contributed by atoms with Gasteiger partial charge >= 0.3 is 13.6 Å². The third-order valence-corrected chi connectivity index (χ3v) is 6.75. The van der Waals surface area contributed by atoms with Crippen molar-refractivity contribution in [1.29, 1.82) is 0 Å². The summed E-state index contributed by atoms with van der Waals surface area (Å²) in [7, 11) is -2.94. The highest BCUT2D eigenvalue weighted by Gasteiger charge is 2.35. The van der Waals surface area contributed by atoms with Crippen LogP contribution in [0, 0.1) is 0 Å². The molecule has 0 aliphatic heterocycles. The topological polar surface area (TPSA) is 116 Å². The van der Waals surface area contributed by atoms with E-state index in [-0.39, 0.29) is 19.4 Å². The van der Waals surface area contributed by atoms with E-state index in [1.54, 1.807) is 20.8 Å². The highest BCUT2D eigenvalue weighted by Crippen LogP contribution is 2.43. The Bertz CT molecular complexity index is 998. The Hall–Kier alpha value is -2.51. The van der Waals surface area contributed by atoms with Gasteiger partial charge in [-0.3, -0.25) is 19.1 Å². The molecular weight excluding hydrogens is 455 g/mol. The molecule has 186 valence electrons. The van der Waals surface area contributed by atoms with Gasteiger partial charge in [0.2, 0.25) is 5.91 Å². The maximum absolute atomic E-state index is 13.0. The molecule has 0 saturated heterocycles. The number of esters is 1. The van der Waals surface area contributed by atoms with E-state index in [2.05, 4.69) is 5.32 Å². The van der Waals surface area contributed by atoms with Crippen LogP contribution in [0.25, 0.3) is 11.1 Å². The minimum absolute atomic E-state index is 0.000731. The molecule has 8 nitrogen and oxygen atoms in total. The van der Waals surface area contributed by atoms with E-state index >= 15 is 0 Å². The summed E-state index contributed by atoms with van der Waals surface area (Å²) < 4.78 is 17.1. The predicted molar refractivity (Wildman–Crippen MR) is 132 cm³/mol. The lowest BCUT2D eigenvalue weighted by atomic mass is 9.99. The zero-order valence-electron chi connectivity index (χ0n) is 20.4. The second-order valence-corrected chi connectivity index (χ2v) is 11.2. The normalized spacial score (nSPS) is 13.9. The van der Waals surface area contributed by atoms with E-state index in [9.17, 15) is 23.9 Å². The number of likely N-dealkylation sites (N-methyl/N-ethyl adjacent to an activating group) is 1. The number of rotatable bonds is 10. The molecule has 34 heavy (non-hydrogen) atoms. The minimum atomic E-state index is -4.45. The summed E-state index contributed by atoms with van der Waals surface area (Å²) >= 11 is 0. The zero-order valence-corrected chi connectivity index (χ0v) is 21.3. The molecular formula is C25H35N2O6P. The van der Waals surface area contributed by atoms with Crippen LogP contribution in [0.15, 0.2) is 54.6 Å². The predicted octanol–water partition coefficient (Wildman–Crippen LogP) is 3.57. The van der Waals surface area contributed by atoms with Gasteiger partial charge in [0.05, 0.1) is 12.5 Å². The van der Waals surface area contributed by atoms with E-state index in [1.807, 2.05) is 54.6 Å². The van der Waals surface area contributed by atoms with Crippen molar-refractivity contribution in [2.45, 2.75) is 58.0 Å². The van der Waals surface area contributed by atoms with E-state index < -0.39 is 36.9 Å². The Labute approximate surface area is 201 Å². The first kappa shape index (κ1) is 27.7. The van der Waals surface area contributed by atoms with Crippen molar-refractivity contribution >= 4 is 19.5 Å². The molecule has 0 fully saturated rings. The van der Waals surface area contributed by atoms with E-state index in [0.29, 0.717) is 0 Å². The molecule has 0 aliphatic rings. The van der Waals surface area contributed by atoms with Crippen molar-refractivity contribution in [2.75, 3.05) is 13.6 Å². The molecule has 2 aromatic carbocycles. The average Bonchev–Trinajstić information content (AvgIpc) is 2.75. The van der Waals surface area contributed by atoms with Gasteiger partial charge in [-0.05, 0) is 57.9 Å². The molecule has 2 rings (SSSR count). The Morgan fingerprint density at radius 2 is 1.59 bits per heavy atom. The van der Waals surface area contributed by atoms with Gasteiger partial charge in [0.25, 0.3) is 0 Å². The number of benzene rings is 2. The maximum Gasteiger partial charge on any atom is 0.342 e. The van der Waals surface area contributed by atoms with Gasteiger partial charge in [-0.1, -0.05) is 54.6 Å². The number of nitrogens with one attached hydrogen (secondary N) is 1. The molecule has 0 heterocycles. The second kappa shape index (κ2) is 11.8. The standard InChI is InChI=1S/C25H35N2O6P/c1-18(34(30,31)32)27(5)22(24(29)26-16-15-23(28)33-25(2,3)4)17-19-11-13-21(14-12-19)20-9-7-6-8-10-20/h6-14,18,22H,15-17H2,1-5H3,(H,26,29)(H2,30,31,32). The molecule has 1 amide bonds. The molecule has 0 saturated carbocycles. The van der Waals surface area contributed by atoms with Crippen LogP contribution < -0.4 is 5.32 Å². The van der Waals surface area contributed by atoms with Crippen LogP contribution >= 0.6 is 7.60 Å². The molecule has 0 spiro atoms. The maximum atomic E-state index is 13.0. The van der Waals surface area contributed by atoms with Crippen molar-refractivity contribution in [3.8, 4) is 11.1 Å². The van der Waals surface area contributed by atoms with Crippen molar-refractivity contribution in [2.24, 2.45) is 0 Å². The second-order valence-electron chi connectivity index (χ2n) is 9.30. The fraction of sp³-hybridized carbons (Fsp3) is 0.440. The first-order valence-corrected chi connectivity index (χ1v) is 12.9. The Morgan fingerprint density at radius 1 is 1.03 bits per heavy atom. The summed E-state index contributed by atoms with van der Waals surface area (Å²) in [5.41, 5.74) is 2.32. The molecule has 0 radical (unpaired) electrons. The number of hydrogen-bond donors (Lipinski definition) is 3. The summed E-state index contributed by atoms with van der Waals surface area (Å²) in [4.78, 5) is 45.6. The van der Waals surface area contributed by atoms with E-state index in [0.717, 1.165) is 16.7 Å². The number of carbonyl (C=O) groups is 2. The van der Waals surface area contributed by atoms with Crippen molar-refractivity contribution in [1.82, 2.24) is 10.2 Å². The number of nitrogens with zero attached hydrogens (tertiary/aromatic N) is 1. The Balaban J connectivity index is 2.13. The first-order chi connectivity index (χ1) is 15.8. The van der Waals surface area contributed by atoms with Crippen molar-refractivity contribution in [3.05, 3.63) is 60.2 Å². The molecule has 0 bridgehead atoms. The van der Waals surface area contributed by atoms with Crippen LogP contribution in [0.4, 0.5) is 0 Å². The smallest absolute Gasteiger partial charge is 0.342 e. The summed E-state index contributed by atoms with van der Waals surface area (Å²) in [6.45, 7) is 6.75. The van der Waals surface area contributed by atoms with Gasteiger partial charge in [-0.15, -0.1) is 0 Å². The molecule has 9 heteroatoms. The molecule has 2 unspecified atom stereocenters. The summed E-state index contributed by atoms with van der Waals surface area (Å²) in [6.07, 6.45) is 0.243. The Morgan fingerprint density at radius 3 is 2.12 bits per heavy atom. The fourth-order valence-electron chi connectivity index (χ4n) is 3.40. The van der Waals surface area contributed by atoms with Gasteiger partial charge in [-0.2, -0.15) is 0 Å². The van der Waals surface area contributed by atoms with Gasteiger partial charge in [0, 0.05) is 6.54 Å². The summed E-state index contributed by atoms with van der Waals surface area (Å²) in [5, 5.41) is 2.71. The molecule has 0 aliphatic carbocycles. The monoisotopic (exact) mass is 490 g/mol. The lowest BCUT2D eigenvalue weighted by molar-refractivity contribution is -0.154. The van der Waals surface area contributed by atoms with E-state index in [1.165, 1.54) is 18.9 Å². The lowest BCUT2D eigenvalue weighted by Gasteiger charge is -2.32. The first-order valence-electron chi connectivity index (χ1n) is 11.2. The molecule has 2 atom stereocenters. The number of ether oxygens (including phenoxy) is 1. The largest absolute Gasteiger partial charge is 0.460 e. The third kappa shape index (κ3) is 8.69. The minimum Gasteiger partial charge on any atom is -0.460 e. The molecule has 3 N–H and O–H groups in total. The van der Waals surface area contributed by atoms with Gasteiger partial charge in [0.1, 0.15) is 11.4 Å². The van der Waals surface area contributed by atoms with Crippen LogP contribution in [0.1, 0.15) is 39.7 Å². The van der Waals surface area contributed by atoms with Crippen LogP contribution in [-0.4, -0.2) is 57.6 Å². The van der Waals surface area contributed by atoms with E-state index in [4.69, 9.17) is 4.74 Å². The highest BCUT2D eigenvalue weighted by molar-refractivity contribution is 7.52. The SMILES string of the molecule is CC(N(C)C(Cc1ccc(-c2ccccc2)cc1)C(=O)NCCC(=O)OC(C)(C)C)P(=O)(O)O. The summed E-state index contributed by atoms with van der Waals surface area (Å²) in [6, 6.07) is 16.7. The van der Waals surface area contributed by atoms with Crippen LogP contribution in [0.3, 0.4) is 0 Å². The fourth-order valence-corrected chi connectivity index (χ4v) is 4.04. The average molecular weight is 491 g/mol. The number of hydrogen-bond acceptors (Lipinski definition) is 5. The third-order valence-electron chi connectivity index (χ3n) is 5.41. The molecule has 0 aromatic heterocycles. The van der Waals surface area contributed by atoms with Gasteiger partial charge < -0.3 is 19.8 Å².